The Morgan fingerprint density at radius 3 is 2.49 bits per heavy atom. The Morgan fingerprint density at radius 1 is 1.09 bits per heavy atom. The third kappa shape index (κ3) is 6.68. The number of rotatable bonds is 6. The normalized spacial score (nSPS) is 20.1. The molecule has 6 heterocycles. The maximum absolute atomic E-state index is 12.8. The SMILES string of the molecule is CC(=O)N1CCC2(CC1)CN(c1cc(Nc3cc(OC(F)(F)F)ccn3)nc(-c3cnn(C4CCS(=O)(=O)CC4)c3)n1)C2. The zero-order valence-electron chi connectivity index (χ0n) is 23.4. The van der Waals surface area contributed by atoms with Crippen LogP contribution in [0.3, 0.4) is 0 Å². The zero-order chi connectivity index (χ0) is 30.4. The molecule has 0 saturated carbocycles. The van der Waals surface area contributed by atoms with Gasteiger partial charge in [-0.25, -0.2) is 23.4 Å². The predicted molar refractivity (Wildman–Crippen MR) is 151 cm³/mol. The first kappa shape index (κ1) is 29.1. The lowest BCUT2D eigenvalue weighted by Crippen LogP contribution is -2.61. The monoisotopic (exact) mass is 620 g/mol. The van der Waals surface area contributed by atoms with Gasteiger partial charge in [0.05, 0.1) is 29.3 Å². The summed E-state index contributed by atoms with van der Waals surface area (Å²) >= 11 is 0. The largest absolute Gasteiger partial charge is 0.573 e. The first-order chi connectivity index (χ1) is 20.4. The van der Waals surface area contributed by atoms with E-state index in [4.69, 9.17) is 4.98 Å². The van der Waals surface area contributed by atoms with Gasteiger partial charge in [0.2, 0.25) is 5.91 Å². The van der Waals surface area contributed by atoms with Gasteiger partial charge in [-0.15, -0.1) is 13.2 Å². The minimum Gasteiger partial charge on any atom is -0.406 e. The van der Waals surface area contributed by atoms with Gasteiger partial charge in [-0.1, -0.05) is 0 Å². The van der Waals surface area contributed by atoms with E-state index in [1.807, 2.05) is 4.90 Å². The maximum Gasteiger partial charge on any atom is 0.573 e. The summed E-state index contributed by atoms with van der Waals surface area (Å²) < 4.78 is 67.8. The second-order valence-corrected chi connectivity index (χ2v) is 13.7. The second-order valence-electron chi connectivity index (χ2n) is 11.4. The molecule has 3 aliphatic heterocycles. The lowest BCUT2D eigenvalue weighted by atomic mass is 9.72. The molecule has 3 aromatic rings. The van der Waals surface area contributed by atoms with Gasteiger partial charge < -0.3 is 19.9 Å². The van der Waals surface area contributed by atoms with Gasteiger partial charge in [0.1, 0.15) is 33.0 Å². The van der Waals surface area contributed by atoms with Crippen molar-refractivity contribution in [3.05, 3.63) is 36.8 Å². The van der Waals surface area contributed by atoms with Crippen LogP contribution >= 0.6 is 0 Å². The molecule has 12 nitrogen and oxygen atoms in total. The van der Waals surface area contributed by atoms with Crippen molar-refractivity contribution in [2.24, 2.45) is 5.41 Å². The number of hydrogen-bond donors (Lipinski definition) is 1. The topological polar surface area (TPSA) is 135 Å². The van der Waals surface area contributed by atoms with Crippen LogP contribution in [0.5, 0.6) is 5.75 Å². The van der Waals surface area contributed by atoms with E-state index >= 15 is 0 Å². The number of nitrogens with zero attached hydrogens (tertiary/aromatic N) is 7. The van der Waals surface area contributed by atoms with E-state index in [0.29, 0.717) is 49.0 Å². The number of alkyl halides is 3. The third-order valence-electron chi connectivity index (χ3n) is 8.34. The summed E-state index contributed by atoms with van der Waals surface area (Å²) in [6.45, 7) is 4.51. The van der Waals surface area contributed by atoms with Gasteiger partial charge in [0, 0.05) is 63.0 Å². The quantitative estimate of drug-likeness (QED) is 0.436. The van der Waals surface area contributed by atoms with Crippen LogP contribution in [-0.4, -0.2) is 88.0 Å². The number of pyridine rings is 1. The van der Waals surface area contributed by atoms with Crippen LogP contribution in [0.2, 0.25) is 0 Å². The summed E-state index contributed by atoms with van der Waals surface area (Å²) in [4.78, 5) is 29.3. The number of piperidine rings is 1. The number of hydrogen-bond acceptors (Lipinski definition) is 10. The van der Waals surface area contributed by atoms with E-state index in [9.17, 15) is 26.4 Å². The number of carbonyl (C=O) groups is 1. The van der Waals surface area contributed by atoms with E-state index in [1.165, 1.54) is 6.20 Å². The molecule has 16 heteroatoms. The number of halogens is 3. The molecule has 0 atom stereocenters. The Balaban J connectivity index is 1.25. The molecule has 0 aliphatic carbocycles. The molecule has 6 rings (SSSR count). The van der Waals surface area contributed by atoms with E-state index in [1.54, 1.807) is 30.1 Å². The minimum atomic E-state index is -4.84. The molecule has 0 unspecified atom stereocenters. The van der Waals surface area contributed by atoms with Crippen molar-refractivity contribution in [2.75, 3.05) is 47.9 Å². The number of carbonyl (C=O) groups excluding carboxylic acids is 1. The van der Waals surface area contributed by atoms with E-state index in [-0.39, 0.29) is 34.7 Å². The summed E-state index contributed by atoms with van der Waals surface area (Å²) in [5, 5.41) is 7.44. The van der Waals surface area contributed by atoms with E-state index < -0.39 is 21.9 Å². The smallest absolute Gasteiger partial charge is 0.406 e. The van der Waals surface area contributed by atoms with Crippen LogP contribution in [0.4, 0.5) is 30.6 Å². The maximum atomic E-state index is 12.8. The predicted octanol–water partition coefficient (Wildman–Crippen LogP) is 3.58. The van der Waals surface area contributed by atoms with Gasteiger partial charge in [-0.3, -0.25) is 9.48 Å². The van der Waals surface area contributed by atoms with Crippen molar-refractivity contribution in [2.45, 2.75) is 45.0 Å². The molecule has 3 aromatic heterocycles. The molecule has 1 N–H and O–H groups in total. The molecule has 0 aromatic carbocycles. The summed E-state index contributed by atoms with van der Waals surface area (Å²) in [6.07, 6.45) is 2.50. The summed E-state index contributed by atoms with van der Waals surface area (Å²) in [5.74, 6) is 1.29. The van der Waals surface area contributed by atoms with Crippen LogP contribution < -0.4 is 15.0 Å². The Labute approximate surface area is 246 Å². The van der Waals surface area contributed by atoms with Crippen molar-refractivity contribution < 1.29 is 31.1 Å². The molecular formula is C27H31F3N8O4S. The number of nitrogens with one attached hydrogen (secondary N) is 1. The zero-order valence-corrected chi connectivity index (χ0v) is 24.2. The number of anilines is 3. The summed E-state index contributed by atoms with van der Waals surface area (Å²) in [6, 6.07) is 3.90. The highest BCUT2D eigenvalue weighted by molar-refractivity contribution is 7.91. The highest BCUT2D eigenvalue weighted by Gasteiger charge is 2.46. The van der Waals surface area contributed by atoms with Crippen molar-refractivity contribution >= 4 is 33.2 Å². The van der Waals surface area contributed by atoms with Crippen molar-refractivity contribution in [3.63, 3.8) is 0 Å². The minimum absolute atomic E-state index is 0.0604. The van der Waals surface area contributed by atoms with Gasteiger partial charge in [-0.05, 0) is 31.7 Å². The molecule has 0 radical (unpaired) electrons. The van der Waals surface area contributed by atoms with Crippen LogP contribution in [-0.2, 0) is 14.6 Å². The Bertz CT molecular complexity index is 1600. The van der Waals surface area contributed by atoms with Crippen molar-refractivity contribution in [3.8, 4) is 17.1 Å². The molecule has 3 saturated heterocycles. The molecule has 0 bridgehead atoms. The van der Waals surface area contributed by atoms with E-state index in [0.717, 1.165) is 38.1 Å². The molecule has 1 spiro atoms. The first-order valence-electron chi connectivity index (χ1n) is 14.0. The van der Waals surface area contributed by atoms with E-state index in [2.05, 4.69) is 30.0 Å². The Hall–Kier alpha value is -3.95. The standard InChI is InChI=1S/C27H31F3N8O4S/c1-18(39)36-8-5-26(6-9-36)16-37(17-26)24-13-23(33-22-12-21(2-7-31-22)42-27(28,29)30)34-25(35-24)19-14-32-38(15-19)20-3-10-43(40,41)11-4-20/h2,7,12-15,20H,3-6,8-11,16-17H2,1H3,(H,31,33,34,35). The Kier molecular flexibility index (Phi) is 7.42. The van der Waals surface area contributed by atoms with Crippen molar-refractivity contribution in [1.82, 2.24) is 29.6 Å². The number of sulfone groups is 1. The summed E-state index contributed by atoms with van der Waals surface area (Å²) in [5.41, 5.74) is 0.701. The number of aromatic nitrogens is 5. The fraction of sp³-hybridized carbons (Fsp3) is 0.519. The van der Waals surface area contributed by atoms with Gasteiger partial charge in [0.25, 0.3) is 0 Å². The number of likely N-dealkylation sites (tertiary alicyclic amines) is 1. The van der Waals surface area contributed by atoms with Crippen LogP contribution in [0.15, 0.2) is 36.8 Å². The molecule has 43 heavy (non-hydrogen) atoms. The molecule has 3 aliphatic rings. The molecule has 3 fully saturated rings. The first-order valence-corrected chi connectivity index (χ1v) is 15.8. The van der Waals surface area contributed by atoms with Crippen LogP contribution in [0.25, 0.3) is 11.4 Å². The highest BCUT2D eigenvalue weighted by Crippen LogP contribution is 2.43. The van der Waals surface area contributed by atoms with Crippen molar-refractivity contribution in [1.29, 1.82) is 0 Å². The highest BCUT2D eigenvalue weighted by atomic mass is 32.2. The van der Waals surface area contributed by atoms with Crippen LogP contribution in [0, 0.1) is 5.41 Å². The molecule has 230 valence electrons. The Morgan fingerprint density at radius 2 is 1.81 bits per heavy atom. The molecular weight excluding hydrogens is 589 g/mol. The lowest BCUT2D eigenvalue weighted by Gasteiger charge is -2.54. The van der Waals surface area contributed by atoms with Gasteiger partial charge >= 0.3 is 6.36 Å². The number of ether oxygens (including phenoxy) is 1. The third-order valence-corrected chi connectivity index (χ3v) is 10.1. The average Bonchev–Trinajstić information content (AvgIpc) is 3.41. The average molecular weight is 621 g/mol. The second kappa shape index (κ2) is 11.0. The molecule has 1 amide bonds. The summed E-state index contributed by atoms with van der Waals surface area (Å²) in [7, 11) is -3.02. The lowest BCUT2D eigenvalue weighted by molar-refractivity contribution is -0.274. The van der Waals surface area contributed by atoms with Gasteiger partial charge in [-0.2, -0.15) is 5.10 Å². The fourth-order valence-corrected chi connectivity index (χ4v) is 7.40. The van der Waals surface area contributed by atoms with Gasteiger partial charge in [0.15, 0.2) is 5.82 Å². The fourth-order valence-electron chi connectivity index (χ4n) is 5.93. The number of amides is 1. The van der Waals surface area contributed by atoms with Crippen LogP contribution in [0.1, 0.15) is 38.6 Å².